The molecule has 1 unspecified atom stereocenters. The maximum Gasteiger partial charge on any atom is 0.226 e. The summed E-state index contributed by atoms with van der Waals surface area (Å²) in [7, 11) is 0. The summed E-state index contributed by atoms with van der Waals surface area (Å²) in [5.41, 5.74) is 0. The molecule has 1 aromatic rings. The molecule has 4 nitrogen and oxygen atoms in total. The normalized spacial score (nSPS) is 22.4. The average Bonchev–Trinajstić information content (AvgIpc) is 2.76. The molecule has 0 saturated carbocycles. The van der Waals surface area contributed by atoms with Gasteiger partial charge in [-0.25, -0.2) is 0 Å². The van der Waals surface area contributed by atoms with Crippen molar-refractivity contribution in [2.24, 2.45) is 0 Å². The molecule has 1 N–H and O–H groups in total. The molecule has 0 spiro atoms. The standard InChI is InChI=1S/C9H15N3O/c1-2-9-11-8(12-13-9)6-7-4-3-5-10-7/h7,10H,2-6H2,1H3. The van der Waals surface area contributed by atoms with E-state index in [1.54, 1.807) is 0 Å². The molecule has 1 fully saturated rings. The first-order valence-electron chi connectivity index (χ1n) is 4.93. The number of hydrogen-bond donors (Lipinski definition) is 1. The van der Waals surface area contributed by atoms with E-state index in [2.05, 4.69) is 15.5 Å². The molecule has 1 saturated heterocycles. The zero-order valence-electron chi connectivity index (χ0n) is 7.92. The Bertz CT molecular complexity index is 266. The highest BCUT2D eigenvalue weighted by molar-refractivity contribution is 4.91. The summed E-state index contributed by atoms with van der Waals surface area (Å²) < 4.78 is 5.04. The van der Waals surface area contributed by atoms with E-state index in [0.29, 0.717) is 6.04 Å². The van der Waals surface area contributed by atoms with E-state index in [-0.39, 0.29) is 0 Å². The van der Waals surface area contributed by atoms with Gasteiger partial charge in [-0.1, -0.05) is 12.1 Å². The first-order chi connectivity index (χ1) is 6.38. The number of hydrogen-bond acceptors (Lipinski definition) is 4. The van der Waals surface area contributed by atoms with Crippen LogP contribution in [0.2, 0.25) is 0 Å². The van der Waals surface area contributed by atoms with E-state index in [0.717, 1.165) is 31.1 Å². The maximum absolute atomic E-state index is 5.04. The highest BCUT2D eigenvalue weighted by Gasteiger charge is 2.17. The zero-order valence-corrected chi connectivity index (χ0v) is 7.92. The van der Waals surface area contributed by atoms with Crippen LogP contribution in [0, 0.1) is 0 Å². The Hall–Kier alpha value is -0.900. The fraction of sp³-hybridized carbons (Fsp3) is 0.778. The first kappa shape index (κ1) is 8.69. The fourth-order valence-corrected chi connectivity index (χ4v) is 1.67. The van der Waals surface area contributed by atoms with Crippen LogP contribution in [-0.4, -0.2) is 22.7 Å². The molecule has 4 heteroatoms. The van der Waals surface area contributed by atoms with Crippen LogP contribution in [0.5, 0.6) is 0 Å². The van der Waals surface area contributed by atoms with E-state index in [1.165, 1.54) is 12.8 Å². The first-order valence-corrected chi connectivity index (χ1v) is 4.93. The predicted octanol–water partition coefficient (Wildman–Crippen LogP) is 0.926. The van der Waals surface area contributed by atoms with Crippen molar-refractivity contribution in [1.82, 2.24) is 15.5 Å². The molecular formula is C9H15N3O. The lowest BCUT2D eigenvalue weighted by Gasteiger charge is -2.04. The van der Waals surface area contributed by atoms with Gasteiger partial charge in [0.2, 0.25) is 5.89 Å². The summed E-state index contributed by atoms with van der Waals surface area (Å²) in [6.07, 6.45) is 4.23. The van der Waals surface area contributed by atoms with Gasteiger partial charge >= 0.3 is 0 Å². The van der Waals surface area contributed by atoms with Crippen molar-refractivity contribution in [3.05, 3.63) is 11.7 Å². The van der Waals surface area contributed by atoms with Gasteiger partial charge in [-0.05, 0) is 19.4 Å². The highest BCUT2D eigenvalue weighted by Crippen LogP contribution is 2.10. The van der Waals surface area contributed by atoms with E-state index < -0.39 is 0 Å². The second-order valence-electron chi connectivity index (χ2n) is 3.46. The van der Waals surface area contributed by atoms with Gasteiger partial charge < -0.3 is 9.84 Å². The van der Waals surface area contributed by atoms with Gasteiger partial charge in [0.05, 0.1) is 0 Å². The number of aromatic nitrogens is 2. The van der Waals surface area contributed by atoms with Gasteiger partial charge in [-0.15, -0.1) is 0 Å². The van der Waals surface area contributed by atoms with Gasteiger partial charge in [0.25, 0.3) is 0 Å². The topological polar surface area (TPSA) is 51.0 Å². The van der Waals surface area contributed by atoms with Crippen LogP contribution < -0.4 is 5.32 Å². The lowest BCUT2D eigenvalue weighted by molar-refractivity contribution is 0.374. The molecule has 0 bridgehead atoms. The number of rotatable bonds is 3. The van der Waals surface area contributed by atoms with Crippen LogP contribution in [0.25, 0.3) is 0 Å². The van der Waals surface area contributed by atoms with Gasteiger partial charge in [-0.2, -0.15) is 4.98 Å². The van der Waals surface area contributed by atoms with Crippen molar-refractivity contribution < 1.29 is 4.52 Å². The van der Waals surface area contributed by atoms with Gasteiger partial charge in [0.1, 0.15) is 0 Å². The summed E-state index contributed by atoms with van der Waals surface area (Å²) >= 11 is 0. The molecule has 0 amide bonds. The molecule has 1 aliphatic rings. The van der Waals surface area contributed by atoms with E-state index >= 15 is 0 Å². The van der Waals surface area contributed by atoms with Crippen molar-refractivity contribution in [2.75, 3.05) is 6.54 Å². The van der Waals surface area contributed by atoms with Crippen LogP contribution in [-0.2, 0) is 12.8 Å². The highest BCUT2D eigenvalue weighted by atomic mass is 16.5. The van der Waals surface area contributed by atoms with E-state index in [1.807, 2.05) is 6.92 Å². The number of aryl methyl sites for hydroxylation is 1. The van der Waals surface area contributed by atoms with Crippen molar-refractivity contribution in [1.29, 1.82) is 0 Å². The van der Waals surface area contributed by atoms with Gasteiger partial charge in [0, 0.05) is 18.9 Å². The Balaban J connectivity index is 1.92. The van der Waals surface area contributed by atoms with Crippen LogP contribution in [0.1, 0.15) is 31.5 Å². The SMILES string of the molecule is CCc1nc(CC2CCCN2)no1. The Morgan fingerprint density at radius 3 is 3.15 bits per heavy atom. The molecule has 13 heavy (non-hydrogen) atoms. The molecule has 72 valence electrons. The molecule has 1 aromatic heterocycles. The molecule has 2 rings (SSSR count). The van der Waals surface area contributed by atoms with Crippen molar-refractivity contribution >= 4 is 0 Å². The largest absolute Gasteiger partial charge is 0.339 e. The summed E-state index contributed by atoms with van der Waals surface area (Å²) in [5.74, 6) is 1.59. The number of nitrogens with zero attached hydrogens (tertiary/aromatic N) is 2. The second kappa shape index (κ2) is 3.87. The molecule has 0 aliphatic carbocycles. The molecule has 2 heterocycles. The monoisotopic (exact) mass is 181 g/mol. The summed E-state index contributed by atoms with van der Waals surface area (Å²) in [6.45, 7) is 3.15. The molecule has 1 aliphatic heterocycles. The Kier molecular flexibility index (Phi) is 2.59. The maximum atomic E-state index is 5.04. The minimum absolute atomic E-state index is 0.558. The fourth-order valence-electron chi connectivity index (χ4n) is 1.67. The van der Waals surface area contributed by atoms with Crippen LogP contribution in [0.3, 0.4) is 0 Å². The third kappa shape index (κ3) is 2.06. The lowest BCUT2D eigenvalue weighted by Crippen LogP contribution is -2.24. The Morgan fingerprint density at radius 1 is 1.62 bits per heavy atom. The third-order valence-electron chi connectivity index (χ3n) is 2.40. The van der Waals surface area contributed by atoms with Gasteiger partial charge in [-0.3, -0.25) is 0 Å². The summed E-state index contributed by atoms with van der Waals surface area (Å²) in [5, 5.41) is 7.34. The minimum atomic E-state index is 0.558. The Morgan fingerprint density at radius 2 is 2.54 bits per heavy atom. The molecule has 0 aromatic carbocycles. The zero-order chi connectivity index (χ0) is 9.10. The van der Waals surface area contributed by atoms with Crippen LogP contribution >= 0.6 is 0 Å². The van der Waals surface area contributed by atoms with E-state index in [4.69, 9.17) is 4.52 Å². The molecule has 0 radical (unpaired) electrons. The predicted molar refractivity (Wildman–Crippen MR) is 48.4 cm³/mol. The average molecular weight is 181 g/mol. The summed E-state index contributed by atoms with van der Waals surface area (Å²) in [4.78, 5) is 4.27. The van der Waals surface area contributed by atoms with Gasteiger partial charge in [0.15, 0.2) is 5.82 Å². The van der Waals surface area contributed by atoms with Crippen LogP contribution in [0.4, 0.5) is 0 Å². The Labute approximate surface area is 77.7 Å². The van der Waals surface area contributed by atoms with E-state index in [9.17, 15) is 0 Å². The third-order valence-corrected chi connectivity index (χ3v) is 2.40. The quantitative estimate of drug-likeness (QED) is 0.753. The number of nitrogens with one attached hydrogen (secondary N) is 1. The summed E-state index contributed by atoms with van der Waals surface area (Å²) in [6, 6.07) is 0.558. The minimum Gasteiger partial charge on any atom is -0.339 e. The second-order valence-corrected chi connectivity index (χ2v) is 3.46. The van der Waals surface area contributed by atoms with Crippen molar-refractivity contribution in [3.63, 3.8) is 0 Å². The molecule has 1 atom stereocenters. The molecular weight excluding hydrogens is 166 g/mol. The smallest absolute Gasteiger partial charge is 0.226 e. The van der Waals surface area contributed by atoms with Crippen LogP contribution in [0.15, 0.2) is 4.52 Å². The lowest BCUT2D eigenvalue weighted by atomic mass is 10.1. The van der Waals surface area contributed by atoms with Crippen molar-refractivity contribution in [3.8, 4) is 0 Å². The van der Waals surface area contributed by atoms with Crippen molar-refractivity contribution in [2.45, 2.75) is 38.6 Å².